The van der Waals surface area contributed by atoms with E-state index < -0.39 is 0 Å². The Balaban J connectivity index is 1.95. The second-order valence-electron chi connectivity index (χ2n) is 4.02. The standard InChI is InChI=1S/C9H12ClN3OS/c1-5-3-6(5)4-13(2)8(14)7-11-12-9(10)15-7/h5-6H,3-4H2,1-2H3. The van der Waals surface area contributed by atoms with Crippen molar-refractivity contribution in [1.82, 2.24) is 15.1 Å². The highest BCUT2D eigenvalue weighted by atomic mass is 35.5. The summed E-state index contributed by atoms with van der Waals surface area (Å²) in [5.74, 6) is 1.32. The number of rotatable bonds is 3. The molecule has 82 valence electrons. The molecule has 1 aromatic rings. The van der Waals surface area contributed by atoms with Crippen LogP contribution in [-0.4, -0.2) is 34.6 Å². The summed E-state index contributed by atoms with van der Waals surface area (Å²) >= 11 is 6.75. The number of nitrogens with zero attached hydrogens (tertiary/aromatic N) is 3. The molecular formula is C9H12ClN3OS. The lowest BCUT2D eigenvalue weighted by Gasteiger charge is -2.14. The maximum absolute atomic E-state index is 11.8. The highest BCUT2D eigenvalue weighted by molar-refractivity contribution is 7.17. The van der Waals surface area contributed by atoms with Crippen LogP contribution in [-0.2, 0) is 0 Å². The minimum absolute atomic E-state index is 0.0847. The number of carbonyl (C=O) groups excluding carboxylic acids is 1. The van der Waals surface area contributed by atoms with E-state index in [1.54, 1.807) is 11.9 Å². The molecule has 0 aliphatic heterocycles. The molecular weight excluding hydrogens is 234 g/mol. The quantitative estimate of drug-likeness (QED) is 0.817. The number of aromatic nitrogens is 2. The summed E-state index contributed by atoms with van der Waals surface area (Å²) in [7, 11) is 1.79. The molecule has 0 bridgehead atoms. The van der Waals surface area contributed by atoms with Gasteiger partial charge >= 0.3 is 0 Å². The fourth-order valence-electron chi connectivity index (χ4n) is 1.54. The van der Waals surface area contributed by atoms with E-state index in [4.69, 9.17) is 11.6 Å². The van der Waals surface area contributed by atoms with E-state index >= 15 is 0 Å². The first-order chi connectivity index (χ1) is 7.08. The van der Waals surface area contributed by atoms with Gasteiger partial charge in [-0.05, 0) is 29.9 Å². The van der Waals surface area contributed by atoms with Gasteiger partial charge in [0.25, 0.3) is 5.91 Å². The first kappa shape index (κ1) is 10.8. The number of hydrogen-bond donors (Lipinski definition) is 0. The summed E-state index contributed by atoms with van der Waals surface area (Å²) < 4.78 is 0.312. The van der Waals surface area contributed by atoms with Crippen molar-refractivity contribution < 1.29 is 4.79 Å². The molecule has 0 saturated heterocycles. The highest BCUT2D eigenvalue weighted by Crippen LogP contribution is 2.38. The Morgan fingerprint density at radius 3 is 2.80 bits per heavy atom. The first-order valence-electron chi connectivity index (χ1n) is 4.82. The molecule has 2 atom stereocenters. The van der Waals surface area contributed by atoms with Crippen molar-refractivity contribution in [2.24, 2.45) is 11.8 Å². The molecule has 1 aliphatic carbocycles. The van der Waals surface area contributed by atoms with E-state index in [0.29, 0.717) is 15.4 Å². The Kier molecular flexibility index (Phi) is 2.93. The van der Waals surface area contributed by atoms with Crippen LogP contribution in [0.25, 0.3) is 0 Å². The van der Waals surface area contributed by atoms with Crippen LogP contribution in [0.4, 0.5) is 0 Å². The van der Waals surface area contributed by atoms with Crippen molar-refractivity contribution in [2.75, 3.05) is 13.6 Å². The molecule has 2 rings (SSSR count). The van der Waals surface area contributed by atoms with Crippen LogP contribution in [0.5, 0.6) is 0 Å². The average Bonchev–Trinajstić information content (AvgIpc) is 2.71. The zero-order chi connectivity index (χ0) is 11.0. The number of amides is 1. The normalized spacial score (nSPS) is 23.9. The van der Waals surface area contributed by atoms with Gasteiger partial charge in [0.15, 0.2) is 0 Å². The molecule has 2 unspecified atom stereocenters. The third kappa shape index (κ3) is 2.46. The average molecular weight is 246 g/mol. The van der Waals surface area contributed by atoms with Gasteiger partial charge in [-0.3, -0.25) is 4.79 Å². The number of hydrogen-bond acceptors (Lipinski definition) is 4. The van der Waals surface area contributed by atoms with Gasteiger partial charge in [0, 0.05) is 13.6 Å². The summed E-state index contributed by atoms with van der Waals surface area (Å²) in [5.41, 5.74) is 0. The van der Waals surface area contributed by atoms with Crippen LogP contribution in [0.3, 0.4) is 0 Å². The van der Waals surface area contributed by atoms with Gasteiger partial charge < -0.3 is 4.90 Å². The molecule has 0 radical (unpaired) electrons. The van der Waals surface area contributed by atoms with E-state index in [-0.39, 0.29) is 5.91 Å². The van der Waals surface area contributed by atoms with E-state index in [0.717, 1.165) is 23.8 Å². The molecule has 1 amide bonds. The predicted molar refractivity (Wildman–Crippen MR) is 59.2 cm³/mol. The minimum Gasteiger partial charge on any atom is -0.339 e. The van der Waals surface area contributed by atoms with Crippen LogP contribution in [0.15, 0.2) is 0 Å². The van der Waals surface area contributed by atoms with Gasteiger partial charge in [0.1, 0.15) is 0 Å². The molecule has 0 N–H and O–H groups in total. The van der Waals surface area contributed by atoms with Crippen molar-refractivity contribution >= 4 is 28.8 Å². The number of carbonyl (C=O) groups is 1. The van der Waals surface area contributed by atoms with Gasteiger partial charge in [0.05, 0.1) is 0 Å². The lowest BCUT2D eigenvalue weighted by molar-refractivity contribution is 0.0786. The smallest absolute Gasteiger partial charge is 0.284 e. The van der Waals surface area contributed by atoms with Gasteiger partial charge in [-0.15, -0.1) is 10.2 Å². The molecule has 1 fully saturated rings. The lowest BCUT2D eigenvalue weighted by atomic mass is 10.3. The van der Waals surface area contributed by atoms with Crippen molar-refractivity contribution in [2.45, 2.75) is 13.3 Å². The van der Waals surface area contributed by atoms with Gasteiger partial charge in [0.2, 0.25) is 9.47 Å². The van der Waals surface area contributed by atoms with Crippen LogP contribution >= 0.6 is 22.9 Å². The summed E-state index contributed by atoms with van der Waals surface area (Å²) in [6.07, 6.45) is 1.22. The van der Waals surface area contributed by atoms with Crippen molar-refractivity contribution in [3.63, 3.8) is 0 Å². The zero-order valence-corrected chi connectivity index (χ0v) is 10.2. The monoisotopic (exact) mass is 245 g/mol. The van der Waals surface area contributed by atoms with E-state index in [2.05, 4.69) is 17.1 Å². The van der Waals surface area contributed by atoms with Gasteiger partial charge in [-0.25, -0.2) is 0 Å². The second kappa shape index (κ2) is 4.06. The zero-order valence-electron chi connectivity index (χ0n) is 8.61. The van der Waals surface area contributed by atoms with Crippen LogP contribution in [0.1, 0.15) is 23.1 Å². The first-order valence-corrected chi connectivity index (χ1v) is 6.02. The van der Waals surface area contributed by atoms with Crippen molar-refractivity contribution in [3.8, 4) is 0 Å². The van der Waals surface area contributed by atoms with Crippen molar-refractivity contribution in [1.29, 1.82) is 0 Å². The molecule has 1 aromatic heterocycles. The maximum atomic E-state index is 11.8. The Labute approximate surface area is 97.3 Å². The minimum atomic E-state index is -0.0847. The highest BCUT2D eigenvalue weighted by Gasteiger charge is 2.34. The fourth-order valence-corrected chi connectivity index (χ4v) is 2.37. The van der Waals surface area contributed by atoms with Gasteiger partial charge in [-0.1, -0.05) is 18.3 Å². The molecule has 4 nitrogen and oxygen atoms in total. The third-order valence-electron chi connectivity index (χ3n) is 2.71. The Morgan fingerprint density at radius 2 is 2.33 bits per heavy atom. The summed E-state index contributed by atoms with van der Waals surface area (Å²) in [6, 6.07) is 0. The molecule has 1 aliphatic rings. The Morgan fingerprint density at radius 1 is 1.67 bits per heavy atom. The maximum Gasteiger partial charge on any atom is 0.284 e. The summed E-state index contributed by atoms with van der Waals surface area (Å²) in [4.78, 5) is 13.5. The van der Waals surface area contributed by atoms with E-state index in [1.807, 2.05) is 0 Å². The SMILES string of the molecule is CC1CC1CN(C)C(=O)c1nnc(Cl)s1. The van der Waals surface area contributed by atoms with Crippen molar-refractivity contribution in [3.05, 3.63) is 9.47 Å². The number of halogens is 1. The molecule has 1 saturated carbocycles. The fraction of sp³-hybridized carbons (Fsp3) is 0.667. The Bertz CT molecular complexity index is 381. The molecule has 0 spiro atoms. The Hall–Kier alpha value is -0.680. The lowest BCUT2D eigenvalue weighted by Crippen LogP contribution is -2.28. The molecule has 0 aromatic carbocycles. The molecule has 15 heavy (non-hydrogen) atoms. The topological polar surface area (TPSA) is 46.1 Å². The van der Waals surface area contributed by atoms with E-state index in [9.17, 15) is 4.79 Å². The van der Waals surface area contributed by atoms with Gasteiger partial charge in [-0.2, -0.15) is 0 Å². The molecule has 6 heteroatoms. The third-order valence-corrected chi connectivity index (χ3v) is 3.72. The van der Waals surface area contributed by atoms with Crippen LogP contribution in [0.2, 0.25) is 4.47 Å². The predicted octanol–water partition coefficient (Wildman–Crippen LogP) is 1.92. The second-order valence-corrected chi connectivity index (χ2v) is 5.58. The largest absolute Gasteiger partial charge is 0.339 e. The van der Waals surface area contributed by atoms with E-state index in [1.165, 1.54) is 6.42 Å². The summed E-state index contributed by atoms with van der Waals surface area (Å²) in [6.45, 7) is 3.00. The summed E-state index contributed by atoms with van der Waals surface area (Å²) in [5, 5.41) is 7.72. The van der Waals surface area contributed by atoms with Crippen LogP contribution in [0, 0.1) is 11.8 Å². The van der Waals surface area contributed by atoms with Crippen LogP contribution < -0.4 is 0 Å². The molecule has 1 heterocycles.